The van der Waals surface area contributed by atoms with Crippen LogP contribution in [-0.2, 0) is 38.0 Å². The Bertz CT molecular complexity index is 814. The number of esters is 1. The SMILES string of the molecule is COCO[C@@H]1[C@@H](O)[C@@H]2O[C@H](c3ccccc3)OC[C@H]2O[C@H]1[C@@H](NC(=O)OC(C)(C)C)C(=O)OC. The summed E-state index contributed by atoms with van der Waals surface area (Å²) in [4.78, 5) is 25.1. The number of hydrogen-bond acceptors (Lipinski definition) is 10. The molecule has 34 heavy (non-hydrogen) atoms. The van der Waals surface area contributed by atoms with Crippen LogP contribution in [0.1, 0.15) is 32.6 Å². The molecule has 1 aromatic rings. The highest BCUT2D eigenvalue weighted by Crippen LogP contribution is 2.36. The van der Waals surface area contributed by atoms with Gasteiger partial charge in [-0.3, -0.25) is 0 Å². The Morgan fingerprint density at radius 1 is 1.18 bits per heavy atom. The van der Waals surface area contributed by atoms with Gasteiger partial charge in [0.05, 0.1) is 13.7 Å². The van der Waals surface area contributed by atoms with Crippen LogP contribution in [0.15, 0.2) is 30.3 Å². The first-order chi connectivity index (χ1) is 16.1. The summed E-state index contributed by atoms with van der Waals surface area (Å²) >= 11 is 0. The number of methoxy groups -OCH3 is 2. The summed E-state index contributed by atoms with van der Waals surface area (Å²) in [6.07, 6.45) is -6.61. The Balaban J connectivity index is 1.83. The molecule has 7 atom stereocenters. The molecule has 2 fully saturated rings. The zero-order valence-electron chi connectivity index (χ0n) is 20.0. The fourth-order valence-electron chi connectivity index (χ4n) is 3.85. The second-order valence-corrected chi connectivity index (χ2v) is 8.99. The van der Waals surface area contributed by atoms with Crippen molar-refractivity contribution in [3.63, 3.8) is 0 Å². The molecule has 0 aliphatic carbocycles. The van der Waals surface area contributed by atoms with Crippen LogP contribution >= 0.6 is 0 Å². The largest absolute Gasteiger partial charge is 0.467 e. The predicted molar refractivity (Wildman–Crippen MR) is 117 cm³/mol. The van der Waals surface area contributed by atoms with Gasteiger partial charge in [0.15, 0.2) is 12.3 Å². The summed E-state index contributed by atoms with van der Waals surface area (Å²) in [6, 6.07) is 7.93. The molecule has 190 valence electrons. The summed E-state index contributed by atoms with van der Waals surface area (Å²) in [7, 11) is 2.59. The van der Waals surface area contributed by atoms with Crippen molar-refractivity contribution in [2.24, 2.45) is 0 Å². The van der Waals surface area contributed by atoms with Gasteiger partial charge >= 0.3 is 12.1 Å². The van der Waals surface area contributed by atoms with Crippen LogP contribution in [0.2, 0.25) is 0 Å². The van der Waals surface area contributed by atoms with Gasteiger partial charge in [0.25, 0.3) is 0 Å². The molecule has 2 aliphatic heterocycles. The molecule has 11 heteroatoms. The first-order valence-electron chi connectivity index (χ1n) is 11.0. The number of aliphatic hydroxyl groups is 1. The highest BCUT2D eigenvalue weighted by molar-refractivity contribution is 5.82. The number of carbonyl (C=O) groups excluding carboxylic acids is 2. The van der Waals surface area contributed by atoms with Crippen LogP contribution in [0.25, 0.3) is 0 Å². The number of alkyl carbamates (subject to hydrolysis) is 1. The number of rotatable bonds is 7. The van der Waals surface area contributed by atoms with Gasteiger partial charge in [-0.05, 0) is 20.8 Å². The maximum atomic E-state index is 12.6. The zero-order chi connectivity index (χ0) is 24.9. The number of nitrogens with one attached hydrogen (secondary N) is 1. The number of hydrogen-bond donors (Lipinski definition) is 2. The highest BCUT2D eigenvalue weighted by Gasteiger charge is 2.54. The molecule has 2 saturated heterocycles. The van der Waals surface area contributed by atoms with Gasteiger partial charge in [-0.2, -0.15) is 0 Å². The summed E-state index contributed by atoms with van der Waals surface area (Å²) < 4.78 is 38.8. The van der Waals surface area contributed by atoms with Crippen molar-refractivity contribution in [1.29, 1.82) is 0 Å². The quantitative estimate of drug-likeness (QED) is 0.432. The molecule has 0 aromatic heterocycles. The molecule has 0 saturated carbocycles. The lowest BCUT2D eigenvalue weighted by Gasteiger charge is -2.48. The van der Waals surface area contributed by atoms with Crippen LogP contribution in [0.3, 0.4) is 0 Å². The number of aliphatic hydroxyl groups excluding tert-OH is 1. The van der Waals surface area contributed by atoms with Gasteiger partial charge in [0.1, 0.15) is 42.9 Å². The van der Waals surface area contributed by atoms with E-state index >= 15 is 0 Å². The smallest absolute Gasteiger partial charge is 0.408 e. The van der Waals surface area contributed by atoms with E-state index in [9.17, 15) is 14.7 Å². The fraction of sp³-hybridized carbons (Fsp3) is 0.652. The average Bonchev–Trinajstić information content (AvgIpc) is 2.80. The lowest BCUT2D eigenvalue weighted by molar-refractivity contribution is -0.338. The summed E-state index contributed by atoms with van der Waals surface area (Å²) in [5.41, 5.74) is -0.0182. The molecular formula is C23H33NO10. The first kappa shape index (κ1) is 26.3. The minimum absolute atomic E-state index is 0.0785. The van der Waals surface area contributed by atoms with E-state index in [-0.39, 0.29) is 13.4 Å². The second kappa shape index (κ2) is 11.4. The lowest BCUT2D eigenvalue weighted by Crippen LogP contribution is -2.68. The molecule has 2 aliphatic rings. The Morgan fingerprint density at radius 3 is 2.50 bits per heavy atom. The van der Waals surface area contributed by atoms with Crippen molar-refractivity contribution in [3.8, 4) is 0 Å². The molecule has 0 unspecified atom stereocenters. The number of amides is 1. The van der Waals surface area contributed by atoms with Crippen molar-refractivity contribution in [3.05, 3.63) is 35.9 Å². The average molecular weight is 484 g/mol. The molecule has 2 heterocycles. The lowest BCUT2D eigenvalue weighted by atomic mass is 9.90. The highest BCUT2D eigenvalue weighted by atomic mass is 16.7. The van der Waals surface area contributed by atoms with E-state index in [2.05, 4.69) is 5.32 Å². The molecule has 3 rings (SSSR count). The molecule has 2 N–H and O–H groups in total. The topological polar surface area (TPSA) is 131 Å². The van der Waals surface area contributed by atoms with E-state index < -0.39 is 60.5 Å². The molecule has 0 bridgehead atoms. The van der Waals surface area contributed by atoms with E-state index in [4.69, 9.17) is 33.2 Å². The van der Waals surface area contributed by atoms with E-state index in [0.717, 1.165) is 5.56 Å². The predicted octanol–water partition coefficient (Wildman–Crippen LogP) is 1.28. The van der Waals surface area contributed by atoms with Gasteiger partial charge in [-0.15, -0.1) is 0 Å². The van der Waals surface area contributed by atoms with E-state index in [0.29, 0.717) is 0 Å². The Morgan fingerprint density at radius 2 is 1.88 bits per heavy atom. The van der Waals surface area contributed by atoms with Gasteiger partial charge < -0.3 is 43.6 Å². The molecular weight excluding hydrogens is 450 g/mol. The summed E-state index contributed by atoms with van der Waals surface area (Å²) in [6.45, 7) is 4.95. The third-order valence-corrected chi connectivity index (χ3v) is 5.29. The standard InChI is InChI=1S/C23H33NO10/c1-23(2,3)34-22(27)24-15(20(26)29-5)18-19(31-12-28-4)16(25)17-14(32-18)11-30-21(33-17)13-9-7-6-8-10-13/h6-10,14-19,21,25H,11-12H2,1-5H3,(H,24,27)/t14-,15-,16+,17-,18+,19-,21-/m1/s1. The van der Waals surface area contributed by atoms with Crippen LogP contribution in [0.4, 0.5) is 4.79 Å². The van der Waals surface area contributed by atoms with Crippen molar-refractivity contribution < 1.29 is 47.9 Å². The maximum absolute atomic E-state index is 12.6. The van der Waals surface area contributed by atoms with Crippen LogP contribution in [-0.4, -0.2) is 87.0 Å². The van der Waals surface area contributed by atoms with E-state index in [1.54, 1.807) is 20.8 Å². The number of ether oxygens (including phenoxy) is 7. The zero-order valence-corrected chi connectivity index (χ0v) is 20.0. The van der Waals surface area contributed by atoms with E-state index in [1.807, 2.05) is 30.3 Å². The number of carbonyl (C=O) groups is 2. The van der Waals surface area contributed by atoms with Crippen LogP contribution in [0, 0.1) is 0 Å². The Labute approximate surface area is 198 Å². The first-order valence-corrected chi connectivity index (χ1v) is 11.0. The van der Waals surface area contributed by atoms with Crippen LogP contribution < -0.4 is 5.32 Å². The van der Waals surface area contributed by atoms with Crippen LogP contribution in [0.5, 0.6) is 0 Å². The Kier molecular flexibility index (Phi) is 8.85. The Hall–Kier alpha value is -2.28. The van der Waals surface area contributed by atoms with Gasteiger partial charge in [-0.25, -0.2) is 9.59 Å². The third kappa shape index (κ3) is 6.44. The van der Waals surface area contributed by atoms with Crippen molar-refractivity contribution in [2.75, 3.05) is 27.6 Å². The molecule has 1 aromatic carbocycles. The molecule has 11 nitrogen and oxygen atoms in total. The van der Waals surface area contributed by atoms with Crippen molar-refractivity contribution in [2.45, 2.75) is 69.2 Å². The number of benzene rings is 1. The van der Waals surface area contributed by atoms with Gasteiger partial charge in [0, 0.05) is 12.7 Å². The monoisotopic (exact) mass is 483 g/mol. The molecule has 0 radical (unpaired) electrons. The van der Waals surface area contributed by atoms with Gasteiger partial charge in [0.2, 0.25) is 0 Å². The number of fused-ring (bicyclic) bond motifs is 1. The fourth-order valence-corrected chi connectivity index (χ4v) is 3.85. The molecule has 1 amide bonds. The minimum atomic E-state index is -1.34. The summed E-state index contributed by atoms with van der Waals surface area (Å²) in [5.74, 6) is -0.799. The third-order valence-electron chi connectivity index (χ3n) is 5.29. The van der Waals surface area contributed by atoms with Crippen molar-refractivity contribution in [1.82, 2.24) is 5.32 Å². The van der Waals surface area contributed by atoms with Gasteiger partial charge in [-0.1, -0.05) is 30.3 Å². The maximum Gasteiger partial charge on any atom is 0.408 e. The van der Waals surface area contributed by atoms with Crippen molar-refractivity contribution >= 4 is 12.1 Å². The molecule has 0 spiro atoms. The summed E-state index contributed by atoms with van der Waals surface area (Å²) in [5, 5.41) is 13.7. The minimum Gasteiger partial charge on any atom is -0.467 e. The normalized spacial score (nSPS) is 30.1. The van der Waals surface area contributed by atoms with E-state index in [1.165, 1.54) is 14.2 Å². The second-order valence-electron chi connectivity index (χ2n) is 8.99.